The van der Waals surface area contributed by atoms with E-state index in [2.05, 4.69) is 5.32 Å². The van der Waals surface area contributed by atoms with Crippen LogP contribution in [0, 0.1) is 0 Å². The minimum Gasteiger partial charge on any atom is -0.325 e. The molecule has 6 heteroatoms. The van der Waals surface area contributed by atoms with Crippen LogP contribution >= 0.6 is 0 Å². The number of nitrogens with one attached hydrogen (secondary N) is 1. The predicted octanol–water partition coefficient (Wildman–Crippen LogP) is 1.30. The summed E-state index contributed by atoms with van der Waals surface area (Å²) in [6, 6.07) is 8.92. The lowest BCUT2D eigenvalue weighted by atomic mass is 10.3. The normalized spacial score (nSPS) is 11.8. The number of nitrogens with zero attached hydrogens (tertiary/aromatic N) is 1. The fraction of sp³-hybridized carbons (Fsp3) is 0.417. The molecule has 100 valence electrons. The predicted molar refractivity (Wildman–Crippen MR) is 71.8 cm³/mol. The van der Waals surface area contributed by atoms with Gasteiger partial charge >= 0.3 is 0 Å². The lowest BCUT2D eigenvalue weighted by molar-refractivity contribution is -0.116. The van der Waals surface area contributed by atoms with E-state index in [0.29, 0.717) is 5.69 Å². The van der Waals surface area contributed by atoms with Gasteiger partial charge in [0.1, 0.15) is 0 Å². The molecule has 0 fully saturated rings. The molecule has 0 saturated heterocycles. The van der Waals surface area contributed by atoms with Crippen LogP contribution in [0.25, 0.3) is 0 Å². The average molecular weight is 270 g/mol. The zero-order valence-corrected chi connectivity index (χ0v) is 11.6. The number of sulfonamides is 1. The van der Waals surface area contributed by atoms with Gasteiger partial charge in [-0.3, -0.25) is 4.79 Å². The fourth-order valence-electron chi connectivity index (χ4n) is 1.37. The zero-order valence-electron chi connectivity index (χ0n) is 10.8. The smallest absolute Gasteiger partial charge is 0.239 e. The van der Waals surface area contributed by atoms with Gasteiger partial charge in [-0.15, -0.1) is 0 Å². The summed E-state index contributed by atoms with van der Waals surface area (Å²) in [6.45, 7) is 2.98. The maximum atomic E-state index is 11.8. The Morgan fingerprint density at radius 1 is 1.28 bits per heavy atom. The number of benzene rings is 1. The maximum Gasteiger partial charge on any atom is 0.239 e. The van der Waals surface area contributed by atoms with Gasteiger partial charge in [-0.2, -0.15) is 4.31 Å². The minimum atomic E-state index is -3.39. The Bertz CT molecular complexity index is 497. The summed E-state index contributed by atoms with van der Waals surface area (Å²) in [5.41, 5.74) is 0.651. The number of para-hydroxylation sites is 1. The van der Waals surface area contributed by atoms with Crippen molar-refractivity contribution in [2.75, 3.05) is 18.9 Å². The first-order valence-corrected chi connectivity index (χ1v) is 7.14. The summed E-state index contributed by atoms with van der Waals surface area (Å²) < 4.78 is 24.6. The third-order valence-corrected chi connectivity index (χ3v) is 4.64. The molecule has 0 bridgehead atoms. The number of hydrogen-bond acceptors (Lipinski definition) is 3. The quantitative estimate of drug-likeness (QED) is 0.877. The summed E-state index contributed by atoms with van der Waals surface area (Å²) in [4.78, 5) is 11.7. The molecule has 0 aliphatic heterocycles. The number of likely N-dealkylation sites (N-methyl/N-ethyl adjacent to an activating group) is 1. The van der Waals surface area contributed by atoms with Gasteiger partial charge in [0.15, 0.2) is 0 Å². The van der Waals surface area contributed by atoms with Gasteiger partial charge in [0.05, 0.1) is 11.8 Å². The summed E-state index contributed by atoms with van der Waals surface area (Å²) in [5, 5.41) is 2.10. The van der Waals surface area contributed by atoms with Crippen molar-refractivity contribution in [3.63, 3.8) is 0 Å². The van der Waals surface area contributed by atoms with Crippen molar-refractivity contribution in [3.05, 3.63) is 30.3 Å². The van der Waals surface area contributed by atoms with Crippen molar-refractivity contribution in [3.8, 4) is 0 Å². The maximum absolute atomic E-state index is 11.8. The van der Waals surface area contributed by atoms with Crippen LogP contribution in [0.2, 0.25) is 0 Å². The lowest BCUT2D eigenvalue weighted by Crippen LogP contribution is -2.38. The van der Waals surface area contributed by atoms with E-state index in [1.807, 2.05) is 6.07 Å². The van der Waals surface area contributed by atoms with Gasteiger partial charge in [-0.05, 0) is 26.0 Å². The van der Waals surface area contributed by atoms with E-state index in [-0.39, 0.29) is 12.5 Å². The Morgan fingerprint density at radius 2 is 1.83 bits per heavy atom. The molecule has 0 aromatic heterocycles. The number of carbonyl (C=O) groups is 1. The van der Waals surface area contributed by atoms with Gasteiger partial charge < -0.3 is 5.32 Å². The number of carbonyl (C=O) groups excluding carboxylic acids is 1. The summed E-state index contributed by atoms with van der Waals surface area (Å²) in [7, 11) is -1.99. The Hall–Kier alpha value is -1.40. The van der Waals surface area contributed by atoms with Gasteiger partial charge in [0.2, 0.25) is 15.9 Å². The first kappa shape index (κ1) is 14.7. The van der Waals surface area contributed by atoms with Gasteiger partial charge in [-0.25, -0.2) is 8.42 Å². The Balaban J connectivity index is 2.61. The molecule has 1 rings (SSSR count). The average Bonchev–Trinajstić information content (AvgIpc) is 2.29. The second kappa shape index (κ2) is 5.97. The van der Waals surface area contributed by atoms with Gasteiger partial charge in [-0.1, -0.05) is 18.2 Å². The number of rotatable bonds is 5. The summed E-state index contributed by atoms with van der Waals surface area (Å²) >= 11 is 0. The molecule has 0 atom stereocenters. The van der Waals surface area contributed by atoms with E-state index in [9.17, 15) is 13.2 Å². The van der Waals surface area contributed by atoms with Crippen LogP contribution in [0.1, 0.15) is 13.8 Å². The standard InChI is InChI=1S/C12H18N2O3S/c1-10(2)18(16,17)14(3)9-12(15)13-11-7-5-4-6-8-11/h4-8,10H,9H2,1-3H3,(H,13,15). The topological polar surface area (TPSA) is 66.5 Å². The van der Waals surface area contributed by atoms with E-state index in [4.69, 9.17) is 0 Å². The van der Waals surface area contributed by atoms with Crippen molar-refractivity contribution in [1.82, 2.24) is 4.31 Å². The molecule has 0 aliphatic rings. The van der Waals surface area contributed by atoms with E-state index < -0.39 is 15.3 Å². The summed E-state index contributed by atoms with van der Waals surface area (Å²) in [6.07, 6.45) is 0. The van der Waals surface area contributed by atoms with Gasteiger partial charge in [0, 0.05) is 12.7 Å². The molecule has 5 nitrogen and oxygen atoms in total. The van der Waals surface area contributed by atoms with Crippen LogP contribution in [-0.2, 0) is 14.8 Å². The molecule has 0 aliphatic carbocycles. The van der Waals surface area contributed by atoms with Crippen LogP contribution in [0.5, 0.6) is 0 Å². The highest BCUT2D eigenvalue weighted by molar-refractivity contribution is 7.89. The largest absolute Gasteiger partial charge is 0.325 e. The Morgan fingerprint density at radius 3 is 2.33 bits per heavy atom. The zero-order chi connectivity index (χ0) is 13.8. The summed E-state index contributed by atoms with van der Waals surface area (Å²) in [5.74, 6) is -0.354. The second-order valence-corrected chi connectivity index (χ2v) is 6.86. The third kappa shape index (κ3) is 3.82. The second-order valence-electron chi connectivity index (χ2n) is 4.26. The molecule has 0 heterocycles. The van der Waals surface area contributed by atoms with Crippen molar-refractivity contribution >= 4 is 21.6 Å². The SMILES string of the molecule is CC(C)S(=O)(=O)N(C)CC(=O)Nc1ccccc1. The molecule has 1 aromatic rings. The number of anilines is 1. The molecule has 0 saturated carbocycles. The number of hydrogen-bond donors (Lipinski definition) is 1. The van der Waals surface area contributed by atoms with Crippen molar-refractivity contribution in [2.45, 2.75) is 19.1 Å². The van der Waals surface area contributed by atoms with Crippen LogP contribution in [-0.4, -0.2) is 37.5 Å². The Kier molecular flexibility index (Phi) is 4.86. The fourth-order valence-corrected chi connectivity index (χ4v) is 2.39. The molecule has 1 aromatic carbocycles. The molecule has 18 heavy (non-hydrogen) atoms. The van der Waals surface area contributed by atoms with E-state index in [0.717, 1.165) is 4.31 Å². The molecule has 0 radical (unpaired) electrons. The molecular formula is C12H18N2O3S. The van der Waals surface area contributed by atoms with Gasteiger partial charge in [0.25, 0.3) is 0 Å². The van der Waals surface area contributed by atoms with Crippen molar-refractivity contribution < 1.29 is 13.2 Å². The lowest BCUT2D eigenvalue weighted by Gasteiger charge is -2.19. The third-order valence-electron chi connectivity index (χ3n) is 2.45. The molecular weight excluding hydrogens is 252 g/mol. The van der Waals surface area contributed by atoms with Crippen LogP contribution in [0.3, 0.4) is 0 Å². The molecule has 0 unspecified atom stereocenters. The highest BCUT2D eigenvalue weighted by Crippen LogP contribution is 2.08. The monoisotopic (exact) mass is 270 g/mol. The van der Waals surface area contributed by atoms with Crippen molar-refractivity contribution in [1.29, 1.82) is 0 Å². The highest BCUT2D eigenvalue weighted by Gasteiger charge is 2.23. The van der Waals surface area contributed by atoms with E-state index in [1.165, 1.54) is 7.05 Å². The Labute approximate surface area is 108 Å². The van der Waals surface area contributed by atoms with Crippen LogP contribution in [0.15, 0.2) is 30.3 Å². The molecule has 1 amide bonds. The van der Waals surface area contributed by atoms with Crippen LogP contribution in [0.4, 0.5) is 5.69 Å². The highest BCUT2D eigenvalue weighted by atomic mass is 32.2. The first-order valence-electron chi connectivity index (χ1n) is 5.64. The van der Waals surface area contributed by atoms with E-state index in [1.54, 1.807) is 38.1 Å². The van der Waals surface area contributed by atoms with Crippen molar-refractivity contribution in [2.24, 2.45) is 0 Å². The molecule has 0 spiro atoms. The first-order chi connectivity index (χ1) is 8.34. The minimum absolute atomic E-state index is 0.185. The van der Waals surface area contributed by atoms with E-state index >= 15 is 0 Å². The molecule has 1 N–H and O–H groups in total. The number of amides is 1. The van der Waals surface area contributed by atoms with Crippen LogP contribution < -0.4 is 5.32 Å².